The first-order chi connectivity index (χ1) is 16.3. The van der Waals surface area contributed by atoms with Crippen LogP contribution >= 0.6 is 0 Å². The number of ether oxygens (including phenoxy) is 1. The molecule has 7 nitrogen and oxygen atoms in total. The lowest BCUT2D eigenvalue weighted by atomic mass is 9.71. The molecule has 7 heteroatoms. The molecule has 2 aromatic heterocycles. The Morgan fingerprint density at radius 2 is 1.74 bits per heavy atom. The number of amides is 1. The van der Waals surface area contributed by atoms with E-state index in [1.165, 1.54) is 6.07 Å². The smallest absolute Gasteiger partial charge is 0.408 e. The molecule has 0 atom stereocenters. The van der Waals surface area contributed by atoms with Crippen molar-refractivity contribution in [1.29, 1.82) is 0 Å². The van der Waals surface area contributed by atoms with Crippen LogP contribution in [0.1, 0.15) is 45.6 Å². The molecule has 2 heterocycles. The fraction of sp³-hybridized carbons (Fsp3) is 0.296. The average molecular weight is 457 g/mol. The van der Waals surface area contributed by atoms with Crippen LogP contribution in [0.4, 0.5) is 4.79 Å². The lowest BCUT2D eigenvalue weighted by molar-refractivity contribution is 0.0377. The molecular formula is C27H28N4O3. The summed E-state index contributed by atoms with van der Waals surface area (Å²) < 4.78 is 7.23. The third kappa shape index (κ3) is 3.98. The molecule has 1 saturated carbocycles. The highest BCUT2D eigenvalue weighted by atomic mass is 16.6. The summed E-state index contributed by atoms with van der Waals surface area (Å²) in [5.41, 5.74) is 3.67. The summed E-state index contributed by atoms with van der Waals surface area (Å²) in [6, 6.07) is 19.4. The molecule has 4 aromatic rings. The van der Waals surface area contributed by atoms with Gasteiger partial charge in [0.25, 0.3) is 0 Å². The van der Waals surface area contributed by atoms with E-state index in [4.69, 9.17) is 9.72 Å². The minimum atomic E-state index is -0.548. The molecule has 0 radical (unpaired) electrons. The van der Waals surface area contributed by atoms with Crippen LogP contribution in [-0.2, 0) is 10.3 Å². The van der Waals surface area contributed by atoms with Crippen LogP contribution in [0.15, 0.2) is 71.7 Å². The third-order valence-corrected chi connectivity index (χ3v) is 6.24. The highest BCUT2D eigenvalue weighted by molar-refractivity contribution is 5.81. The number of aromatic amines is 1. The van der Waals surface area contributed by atoms with Gasteiger partial charge in [0.2, 0.25) is 11.1 Å². The second-order valence-electron chi connectivity index (χ2n) is 9.80. The number of carbonyl (C=O) groups is 1. The van der Waals surface area contributed by atoms with Gasteiger partial charge in [-0.2, -0.15) is 0 Å². The first kappa shape index (κ1) is 21.9. The number of hydrogen-bond donors (Lipinski definition) is 2. The van der Waals surface area contributed by atoms with Crippen molar-refractivity contribution in [1.82, 2.24) is 19.9 Å². The largest absolute Gasteiger partial charge is 0.444 e. The fourth-order valence-corrected chi connectivity index (χ4v) is 4.50. The maximum absolute atomic E-state index is 12.5. The van der Waals surface area contributed by atoms with E-state index in [1.54, 1.807) is 10.7 Å². The first-order valence-electron chi connectivity index (χ1n) is 11.5. The van der Waals surface area contributed by atoms with Crippen molar-refractivity contribution < 1.29 is 9.53 Å². The summed E-state index contributed by atoms with van der Waals surface area (Å²) >= 11 is 0. The molecular weight excluding hydrogens is 428 g/mol. The maximum Gasteiger partial charge on any atom is 0.408 e. The summed E-state index contributed by atoms with van der Waals surface area (Å²) in [6.07, 6.45) is 4.00. The third-order valence-electron chi connectivity index (χ3n) is 6.24. The fourth-order valence-electron chi connectivity index (χ4n) is 4.50. The van der Waals surface area contributed by atoms with Crippen molar-refractivity contribution in [2.45, 2.75) is 51.2 Å². The van der Waals surface area contributed by atoms with Crippen molar-refractivity contribution in [2.75, 3.05) is 0 Å². The van der Waals surface area contributed by atoms with Crippen LogP contribution in [0, 0.1) is 0 Å². The van der Waals surface area contributed by atoms with Gasteiger partial charge in [-0.05, 0) is 45.6 Å². The SMILES string of the molecule is CC(C)(C)OC(=O)NC1(c2ccc(-c3nc4c(=O)cc[nH]n4c3-c3ccccc3)cc2)CCC1. The molecule has 2 N–H and O–H groups in total. The number of alkyl carbamates (subject to hydrolysis) is 1. The summed E-state index contributed by atoms with van der Waals surface area (Å²) in [4.78, 5) is 29.7. The summed E-state index contributed by atoms with van der Waals surface area (Å²) in [6.45, 7) is 5.58. The zero-order valence-corrected chi connectivity index (χ0v) is 19.6. The highest BCUT2D eigenvalue weighted by Gasteiger charge is 2.41. The standard InChI is InChI=1S/C27H28N4O3/c1-26(2,3)34-25(33)30-27(15-7-16-27)20-12-10-18(11-13-20)22-23(19-8-5-4-6-9-19)31-24(29-22)21(32)14-17-28-31/h4-6,8-14,17,28H,7,15-16H2,1-3H3,(H,30,33). The molecule has 1 aliphatic rings. The number of benzene rings is 2. The van der Waals surface area contributed by atoms with E-state index in [0.717, 1.165) is 47.3 Å². The average Bonchev–Trinajstić information content (AvgIpc) is 3.17. The van der Waals surface area contributed by atoms with Crippen LogP contribution in [0.5, 0.6) is 0 Å². The summed E-state index contributed by atoms with van der Waals surface area (Å²) in [5, 5.41) is 6.24. The van der Waals surface area contributed by atoms with E-state index in [2.05, 4.69) is 10.4 Å². The minimum absolute atomic E-state index is 0.145. The maximum atomic E-state index is 12.5. The predicted octanol–water partition coefficient (Wildman–Crippen LogP) is 5.26. The quantitative estimate of drug-likeness (QED) is 0.438. The van der Waals surface area contributed by atoms with Crippen molar-refractivity contribution >= 4 is 11.7 Å². The Morgan fingerprint density at radius 3 is 2.35 bits per heavy atom. The Kier molecular flexibility index (Phi) is 5.27. The monoisotopic (exact) mass is 456 g/mol. The van der Waals surface area contributed by atoms with Gasteiger partial charge in [-0.25, -0.2) is 14.3 Å². The van der Waals surface area contributed by atoms with Gasteiger partial charge < -0.3 is 10.1 Å². The van der Waals surface area contributed by atoms with Crippen molar-refractivity contribution in [3.8, 4) is 22.5 Å². The Hall–Kier alpha value is -3.87. The molecule has 174 valence electrons. The second-order valence-corrected chi connectivity index (χ2v) is 9.80. The van der Waals surface area contributed by atoms with Gasteiger partial charge in [-0.3, -0.25) is 9.89 Å². The van der Waals surface area contributed by atoms with E-state index in [9.17, 15) is 9.59 Å². The van der Waals surface area contributed by atoms with E-state index in [-0.39, 0.29) is 5.43 Å². The molecule has 1 fully saturated rings. The van der Waals surface area contributed by atoms with Crippen molar-refractivity contribution in [3.63, 3.8) is 0 Å². The molecule has 0 bridgehead atoms. The molecule has 0 spiro atoms. The molecule has 5 rings (SSSR count). The lowest BCUT2D eigenvalue weighted by Crippen LogP contribution is -2.52. The van der Waals surface area contributed by atoms with E-state index in [0.29, 0.717) is 5.65 Å². The second kappa shape index (κ2) is 8.17. The zero-order chi connectivity index (χ0) is 23.9. The van der Waals surface area contributed by atoms with Crippen LogP contribution in [0.3, 0.4) is 0 Å². The van der Waals surface area contributed by atoms with Crippen LogP contribution in [-0.4, -0.2) is 26.3 Å². The number of fused-ring (bicyclic) bond motifs is 1. The number of hydrogen-bond acceptors (Lipinski definition) is 4. The Bertz CT molecular complexity index is 1390. The Morgan fingerprint density at radius 1 is 1.03 bits per heavy atom. The number of H-pyrrole nitrogens is 1. The van der Waals surface area contributed by atoms with Gasteiger partial charge in [0, 0.05) is 23.4 Å². The van der Waals surface area contributed by atoms with Crippen molar-refractivity contribution in [3.05, 3.63) is 82.6 Å². The Labute approximate surface area is 197 Å². The number of carbonyl (C=O) groups excluding carboxylic acids is 1. The minimum Gasteiger partial charge on any atom is -0.444 e. The molecule has 34 heavy (non-hydrogen) atoms. The van der Waals surface area contributed by atoms with Gasteiger partial charge in [0.15, 0.2) is 0 Å². The number of nitrogens with zero attached hydrogens (tertiary/aromatic N) is 2. The number of imidazole rings is 1. The molecule has 0 aliphatic heterocycles. The molecule has 0 unspecified atom stereocenters. The van der Waals surface area contributed by atoms with Gasteiger partial charge in [0.05, 0.1) is 16.9 Å². The number of aromatic nitrogens is 3. The predicted molar refractivity (Wildman–Crippen MR) is 132 cm³/mol. The van der Waals surface area contributed by atoms with Crippen LogP contribution in [0.25, 0.3) is 28.2 Å². The van der Waals surface area contributed by atoms with Gasteiger partial charge in [-0.15, -0.1) is 0 Å². The normalized spacial score (nSPS) is 15.0. The number of rotatable bonds is 4. The summed E-state index contributed by atoms with van der Waals surface area (Å²) in [5.74, 6) is 0. The van der Waals surface area contributed by atoms with Crippen LogP contribution in [0.2, 0.25) is 0 Å². The zero-order valence-electron chi connectivity index (χ0n) is 19.6. The molecule has 1 amide bonds. The van der Waals surface area contributed by atoms with E-state index in [1.807, 2.05) is 75.4 Å². The van der Waals surface area contributed by atoms with Crippen LogP contribution < -0.4 is 10.7 Å². The molecule has 0 saturated heterocycles. The number of nitrogens with one attached hydrogen (secondary N) is 2. The first-order valence-corrected chi connectivity index (χ1v) is 11.5. The van der Waals surface area contributed by atoms with E-state index >= 15 is 0 Å². The molecule has 2 aromatic carbocycles. The lowest BCUT2D eigenvalue weighted by Gasteiger charge is -2.43. The summed E-state index contributed by atoms with van der Waals surface area (Å²) in [7, 11) is 0. The highest BCUT2D eigenvalue weighted by Crippen LogP contribution is 2.42. The van der Waals surface area contributed by atoms with E-state index < -0.39 is 17.2 Å². The van der Waals surface area contributed by atoms with Gasteiger partial charge >= 0.3 is 6.09 Å². The van der Waals surface area contributed by atoms with Gasteiger partial charge in [0.1, 0.15) is 5.60 Å². The topological polar surface area (TPSA) is 88.5 Å². The molecule has 1 aliphatic carbocycles. The van der Waals surface area contributed by atoms with Gasteiger partial charge in [-0.1, -0.05) is 54.6 Å². The van der Waals surface area contributed by atoms with Crippen molar-refractivity contribution in [2.24, 2.45) is 0 Å². The Balaban J connectivity index is 1.53.